The summed E-state index contributed by atoms with van der Waals surface area (Å²) in [7, 11) is 1.41. The Labute approximate surface area is 163 Å². The van der Waals surface area contributed by atoms with Crippen molar-refractivity contribution >= 4 is 40.2 Å². The van der Waals surface area contributed by atoms with Crippen molar-refractivity contribution in [2.24, 2.45) is 0 Å². The summed E-state index contributed by atoms with van der Waals surface area (Å²) >= 11 is 7.37. The van der Waals surface area contributed by atoms with E-state index in [0.29, 0.717) is 26.4 Å². The molecule has 0 bridgehead atoms. The number of thiazole rings is 1. The van der Waals surface area contributed by atoms with Crippen LogP contribution in [0.15, 0.2) is 42.5 Å². The number of aryl methyl sites for hydroxylation is 1. The minimum Gasteiger partial charge on any atom is -0.496 e. The molecule has 1 heterocycles. The summed E-state index contributed by atoms with van der Waals surface area (Å²) in [6.07, 6.45) is 0. The first-order valence-electron chi connectivity index (χ1n) is 7.77. The smallest absolute Gasteiger partial charge is 0.296 e. The lowest BCUT2D eigenvalue weighted by Gasteiger charge is -2.07. The lowest BCUT2D eigenvalue weighted by Crippen LogP contribution is -2.13. The van der Waals surface area contributed by atoms with Crippen LogP contribution in [0.2, 0.25) is 5.02 Å². The van der Waals surface area contributed by atoms with Crippen LogP contribution >= 0.6 is 22.9 Å². The number of amides is 1. The molecule has 27 heavy (non-hydrogen) atoms. The van der Waals surface area contributed by atoms with Crippen LogP contribution in [0.1, 0.15) is 15.4 Å². The molecule has 7 nitrogen and oxygen atoms in total. The van der Waals surface area contributed by atoms with Crippen molar-refractivity contribution in [2.75, 3.05) is 12.4 Å². The summed E-state index contributed by atoms with van der Waals surface area (Å²) in [5, 5.41) is 15.0. The topological polar surface area (TPSA) is 94.4 Å². The highest BCUT2D eigenvalue weighted by molar-refractivity contribution is 7.17. The first-order chi connectivity index (χ1) is 12.9. The maximum absolute atomic E-state index is 12.7. The highest BCUT2D eigenvalue weighted by Gasteiger charge is 2.21. The number of nitro benzene ring substituents is 1. The second-order valence-electron chi connectivity index (χ2n) is 5.51. The molecule has 1 amide bonds. The van der Waals surface area contributed by atoms with E-state index in [0.717, 1.165) is 5.56 Å². The number of rotatable bonds is 5. The number of carbonyl (C=O) groups is 1. The summed E-state index contributed by atoms with van der Waals surface area (Å²) in [5.74, 6) is -0.147. The standard InChI is InChI=1S/C18H14ClN3O4S/c1-10-16(27-18(20-10)12-5-3-4-6-13(12)19)17(23)21-14-8-7-11(26-2)9-15(14)22(24)25/h3-9H,1-2H3,(H,21,23). The van der Waals surface area contributed by atoms with Crippen LogP contribution in [0.5, 0.6) is 5.75 Å². The molecule has 0 saturated heterocycles. The minimum atomic E-state index is -0.577. The van der Waals surface area contributed by atoms with Crippen LogP contribution in [-0.2, 0) is 0 Å². The average Bonchev–Trinajstić information content (AvgIpc) is 3.03. The average molecular weight is 404 g/mol. The van der Waals surface area contributed by atoms with Gasteiger partial charge in [-0.3, -0.25) is 14.9 Å². The molecule has 9 heteroatoms. The van der Waals surface area contributed by atoms with Gasteiger partial charge in [0, 0.05) is 5.56 Å². The molecule has 2 aromatic carbocycles. The molecular formula is C18H14ClN3O4S. The maximum Gasteiger partial charge on any atom is 0.296 e. The molecule has 0 radical (unpaired) electrons. The van der Waals surface area contributed by atoms with E-state index in [1.54, 1.807) is 13.0 Å². The molecular weight excluding hydrogens is 390 g/mol. The molecule has 0 aliphatic carbocycles. The van der Waals surface area contributed by atoms with Gasteiger partial charge in [0.15, 0.2) is 0 Å². The predicted octanol–water partition coefficient (Wildman–Crippen LogP) is 4.94. The molecule has 3 rings (SSSR count). The van der Waals surface area contributed by atoms with Gasteiger partial charge in [-0.25, -0.2) is 4.98 Å². The van der Waals surface area contributed by atoms with Crippen LogP contribution in [0.4, 0.5) is 11.4 Å². The van der Waals surface area contributed by atoms with Gasteiger partial charge >= 0.3 is 0 Å². The lowest BCUT2D eigenvalue weighted by molar-refractivity contribution is -0.384. The maximum atomic E-state index is 12.7. The Hall–Kier alpha value is -2.97. The zero-order chi connectivity index (χ0) is 19.6. The number of hydrogen-bond donors (Lipinski definition) is 1. The monoisotopic (exact) mass is 403 g/mol. The van der Waals surface area contributed by atoms with Gasteiger partial charge in [-0.05, 0) is 25.1 Å². The third kappa shape index (κ3) is 3.91. The first kappa shape index (κ1) is 18.8. The zero-order valence-electron chi connectivity index (χ0n) is 14.4. The fraction of sp³-hybridized carbons (Fsp3) is 0.111. The van der Waals surface area contributed by atoms with Crippen molar-refractivity contribution in [2.45, 2.75) is 6.92 Å². The number of benzene rings is 2. The van der Waals surface area contributed by atoms with Gasteiger partial charge in [-0.2, -0.15) is 0 Å². The molecule has 1 N–H and O–H groups in total. The van der Waals surface area contributed by atoms with E-state index < -0.39 is 10.8 Å². The quantitative estimate of drug-likeness (QED) is 0.481. The number of halogens is 1. The second kappa shape index (κ2) is 7.73. The molecule has 1 aromatic heterocycles. The number of ether oxygens (including phenoxy) is 1. The number of hydrogen-bond acceptors (Lipinski definition) is 6. The Kier molecular flexibility index (Phi) is 5.38. The van der Waals surface area contributed by atoms with E-state index in [1.807, 2.05) is 18.2 Å². The van der Waals surface area contributed by atoms with Crippen molar-refractivity contribution in [1.29, 1.82) is 0 Å². The van der Waals surface area contributed by atoms with Gasteiger partial charge in [-0.1, -0.05) is 29.8 Å². The molecule has 0 saturated carbocycles. The van der Waals surface area contributed by atoms with Gasteiger partial charge in [0.2, 0.25) is 0 Å². The van der Waals surface area contributed by atoms with E-state index in [4.69, 9.17) is 16.3 Å². The van der Waals surface area contributed by atoms with Gasteiger partial charge in [0.1, 0.15) is 21.3 Å². The third-order valence-electron chi connectivity index (χ3n) is 3.76. The molecule has 3 aromatic rings. The van der Waals surface area contributed by atoms with Crippen molar-refractivity contribution in [3.8, 4) is 16.3 Å². The Balaban J connectivity index is 1.92. The predicted molar refractivity (Wildman–Crippen MR) is 105 cm³/mol. The number of nitrogens with one attached hydrogen (secondary N) is 1. The zero-order valence-corrected chi connectivity index (χ0v) is 15.9. The normalized spacial score (nSPS) is 10.5. The van der Waals surface area contributed by atoms with Crippen molar-refractivity contribution in [3.05, 3.63) is 68.2 Å². The first-order valence-corrected chi connectivity index (χ1v) is 8.96. The Morgan fingerprint density at radius 1 is 1.30 bits per heavy atom. The molecule has 0 unspecified atom stereocenters. The number of methoxy groups -OCH3 is 1. The van der Waals surface area contributed by atoms with Crippen LogP contribution < -0.4 is 10.1 Å². The van der Waals surface area contributed by atoms with Crippen molar-refractivity contribution in [3.63, 3.8) is 0 Å². The number of anilines is 1. The lowest BCUT2D eigenvalue weighted by atomic mass is 10.2. The summed E-state index contributed by atoms with van der Waals surface area (Å²) in [5.41, 5.74) is 1.07. The van der Waals surface area contributed by atoms with Gasteiger partial charge in [-0.15, -0.1) is 11.3 Å². The van der Waals surface area contributed by atoms with Crippen LogP contribution in [-0.4, -0.2) is 22.9 Å². The van der Waals surface area contributed by atoms with Gasteiger partial charge in [0.25, 0.3) is 11.6 Å². The Morgan fingerprint density at radius 3 is 2.70 bits per heavy atom. The number of nitro groups is 1. The van der Waals surface area contributed by atoms with Crippen LogP contribution in [0.25, 0.3) is 10.6 Å². The molecule has 0 atom stereocenters. The molecule has 0 fully saturated rings. The van der Waals surface area contributed by atoms with E-state index in [2.05, 4.69) is 10.3 Å². The second-order valence-corrected chi connectivity index (χ2v) is 6.91. The van der Waals surface area contributed by atoms with E-state index in [1.165, 1.54) is 36.6 Å². The fourth-order valence-corrected chi connectivity index (χ4v) is 3.71. The van der Waals surface area contributed by atoms with Gasteiger partial charge in [0.05, 0.1) is 28.8 Å². The molecule has 0 aliphatic heterocycles. The minimum absolute atomic E-state index is 0.0814. The Bertz CT molecular complexity index is 1040. The highest BCUT2D eigenvalue weighted by atomic mass is 35.5. The van der Waals surface area contributed by atoms with E-state index in [9.17, 15) is 14.9 Å². The van der Waals surface area contributed by atoms with Crippen LogP contribution in [0, 0.1) is 17.0 Å². The summed E-state index contributed by atoms with van der Waals surface area (Å²) in [4.78, 5) is 28.1. The van der Waals surface area contributed by atoms with E-state index >= 15 is 0 Å². The van der Waals surface area contributed by atoms with Gasteiger partial charge < -0.3 is 10.1 Å². The fourth-order valence-electron chi connectivity index (χ4n) is 2.43. The third-order valence-corrected chi connectivity index (χ3v) is 5.28. The van der Waals surface area contributed by atoms with Crippen LogP contribution in [0.3, 0.4) is 0 Å². The molecule has 0 spiro atoms. The summed E-state index contributed by atoms with van der Waals surface area (Å²) in [6.45, 7) is 1.70. The number of aromatic nitrogens is 1. The SMILES string of the molecule is COc1ccc(NC(=O)c2sc(-c3ccccc3Cl)nc2C)c([N+](=O)[O-])c1. The molecule has 138 valence electrons. The largest absolute Gasteiger partial charge is 0.496 e. The van der Waals surface area contributed by atoms with Crippen molar-refractivity contribution < 1.29 is 14.5 Å². The highest BCUT2D eigenvalue weighted by Crippen LogP contribution is 2.34. The van der Waals surface area contributed by atoms with Crippen molar-refractivity contribution in [1.82, 2.24) is 4.98 Å². The number of nitrogens with zero attached hydrogens (tertiary/aromatic N) is 2. The summed E-state index contributed by atoms with van der Waals surface area (Å²) < 4.78 is 4.99. The summed E-state index contributed by atoms with van der Waals surface area (Å²) in [6, 6.07) is 11.4. The molecule has 0 aliphatic rings. The number of carbonyl (C=O) groups excluding carboxylic acids is 1. The van der Waals surface area contributed by atoms with E-state index in [-0.39, 0.29) is 11.4 Å². The Morgan fingerprint density at radius 2 is 2.04 bits per heavy atom.